The lowest BCUT2D eigenvalue weighted by molar-refractivity contribution is -0.143. The van der Waals surface area contributed by atoms with E-state index < -0.39 is 16.8 Å². The van der Waals surface area contributed by atoms with Crippen molar-refractivity contribution in [3.63, 3.8) is 0 Å². The molecule has 4 heteroatoms. The van der Waals surface area contributed by atoms with Crippen molar-refractivity contribution < 1.29 is 14.7 Å². The average Bonchev–Trinajstić information content (AvgIpc) is 2.60. The number of hydrogen-bond donors (Lipinski definition) is 2. The van der Waals surface area contributed by atoms with Crippen LogP contribution in [0.15, 0.2) is 60.7 Å². The van der Waals surface area contributed by atoms with Gasteiger partial charge in [0.05, 0.1) is 5.41 Å². The number of rotatable bonds is 6. The zero-order valence-corrected chi connectivity index (χ0v) is 14.2. The smallest absolute Gasteiger partial charge is 0.315 e. The van der Waals surface area contributed by atoms with Gasteiger partial charge in [-0.1, -0.05) is 60.7 Å². The van der Waals surface area contributed by atoms with E-state index in [0.717, 1.165) is 5.56 Å². The van der Waals surface area contributed by atoms with Gasteiger partial charge in [-0.05, 0) is 31.9 Å². The molecule has 126 valence electrons. The highest BCUT2D eigenvalue weighted by Gasteiger charge is 2.37. The Kier molecular flexibility index (Phi) is 5.07. The third-order valence-corrected chi connectivity index (χ3v) is 4.55. The number of benzene rings is 2. The first-order valence-corrected chi connectivity index (χ1v) is 7.91. The van der Waals surface area contributed by atoms with Gasteiger partial charge in [0.1, 0.15) is 5.41 Å². The number of aliphatic carboxylic acids is 1. The first-order valence-electron chi connectivity index (χ1n) is 7.91. The Morgan fingerprint density at radius 2 is 1.33 bits per heavy atom. The highest BCUT2D eigenvalue weighted by molar-refractivity contribution is 5.88. The van der Waals surface area contributed by atoms with Crippen LogP contribution in [0.4, 0.5) is 0 Å². The maximum Gasteiger partial charge on any atom is 0.315 e. The molecule has 1 unspecified atom stereocenters. The number of nitrogens with one attached hydrogen (secondary N) is 1. The van der Waals surface area contributed by atoms with Crippen molar-refractivity contribution in [2.24, 2.45) is 0 Å². The molecule has 0 bridgehead atoms. The molecule has 0 aliphatic carbocycles. The largest absolute Gasteiger partial charge is 0.481 e. The molecule has 0 aliphatic heterocycles. The van der Waals surface area contributed by atoms with Crippen LogP contribution < -0.4 is 5.32 Å². The summed E-state index contributed by atoms with van der Waals surface area (Å²) < 4.78 is 0. The van der Waals surface area contributed by atoms with Crippen molar-refractivity contribution >= 4 is 11.9 Å². The van der Waals surface area contributed by atoms with E-state index in [1.165, 1.54) is 0 Å². The van der Waals surface area contributed by atoms with Crippen LogP contribution in [-0.4, -0.2) is 23.5 Å². The average molecular weight is 325 g/mol. The minimum atomic E-state index is -1.18. The van der Waals surface area contributed by atoms with E-state index in [1.807, 2.05) is 50.2 Å². The molecule has 1 amide bonds. The molecule has 2 rings (SSSR count). The van der Waals surface area contributed by atoms with Crippen LogP contribution in [0.25, 0.3) is 0 Å². The predicted octanol–water partition coefficient (Wildman–Crippen LogP) is 3.12. The van der Waals surface area contributed by atoms with Gasteiger partial charge in [-0.15, -0.1) is 0 Å². The van der Waals surface area contributed by atoms with Crippen LogP contribution in [0, 0.1) is 0 Å². The van der Waals surface area contributed by atoms with Crippen LogP contribution in [0.2, 0.25) is 0 Å². The number of carboxylic acids is 1. The lowest BCUT2D eigenvalue weighted by Gasteiger charge is -2.29. The Bertz CT molecular complexity index is 710. The van der Waals surface area contributed by atoms with E-state index >= 15 is 0 Å². The molecule has 0 aliphatic rings. The molecule has 2 aromatic rings. The molecule has 0 fully saturated rings. The molecule has 0 spiro atoms. The van der Waals surface area contributed by atoms with Gasteiger partial charge in [0.15, 0.2) is 0 Å². The molecular weight excluding hydrogens is 302 g/mol. The summed E-state index contributed by atoms with van der Waals surface area (Å²) in [4.78, 5) is 24.5. The van der Waals surface area contributed by atoms with Crippen molar-refractivity contribution in [1.29, 1.82) is 0 Å². The molecule has 0 radical (unpaired) electrons. The van der Waals surface area contributed by atoms with Crippen molar-refractivity contribution in [2.45, 2.75) is 31.6 Å². The fourth-order valence-electron chi connectivity index (χ4n) is 2.57. The minimum Gasteiger partial charge on any atom is -0.481 e. The monoisotopic (exact) mass is 325 g/mol. The van der Waals surface area contributed by atoms with Crippen LogP contribution >= 0.6 is 0 Å². The van der Waals surface area contributed by atoms with Gasteiger partial charge in [0.2, 0.25) is 5.91 Å². The van der Waals surface area contributed by atoms with Gasteiger partial charge in [-0.25, -0.2) is 0 Å². The van der Waals surface area contributed by atoms with Gasteiger partial charge in [0, 0.05) is 6.54 Å². The standard InChI is InChI=1S/C20H23NO3/c1-19(2,15-10-6-4-7-11-15)17(22)21-14-20(3,18(23)24)16-12-8-5-9-13-16/h4-13H,14H2,1-3H3,(H,21,22)(H,23,24). The summed E-state index contributed by atoms with van der Waals surface area (Å²) in [5.74, 6) is -1.16. The minimum absolute atomic E-state index is 0.0292. The zero-order valence-electron chi connectivity index (χ0n) is 14.2. The second-order valence-corrected chi connectivity index (χ2v) is 6.68. The molecule has 0 aromatic heterocycles. The number of carbonyl (C=O) groups is 2. The van der Waals surface area contributed by atoms with E-state index in [0.29, 0.717) is 5.56 Å². The fraction of sp³-hybridized carbons (Fsp3) is 0.300. The van der Waals surface area contributed by atoms with Gasteiger partial charge in [-0.3, -0.25) is 9.59 Å². The maximum absolute atomic E-state index is 12.7. The Labute approximate surface area is 142 Å². The highest BCUT2D eigenvalue weighted by atomic mass is 16.4. The first kappa shape index (κ1) is 17.7. The summed E-state index contributed by atoms with van der Waals surface area (Å²) in [5, 5.41) is 12.5. The Balaban J connectivity index is 2.18. The van der Waals surface area contributed by atoms with Crippen molar-refractivity contribution in [3.05, 3.63) is 71.8 Å². The van der Waals surface area contributed by atoms with Crippen molar-refractivity contribution in [1.82, 2.24) is 5.32 Å². The lowest BCUT2D eigenvalue weighted by Crippen LogP contribution is -2.48. The molecule has 2 aromatic carbocycles. The van der Waals surface area contributed by atoms with Gasteiger partial charge in [-0.2, -0.15) is 0 Å². The molecule has 0 heterocycles. The molecule has 4 nitrogen and oxygen atoms in total. The number of carboxylic acid groups (broad SMARTS) is 1. The predicted molar refractivity (Wildman–Crippen MR) is 93.9 cm³/mol. The van der Waals surface area contributed by atoms with Crippen molar-refractivity contribution in [3.8, 4) is 0 Å². The highest BCUT2D eigenvalue weighted by Crippen LogP contribution is 2.26. The third kappa shape index (κ3) is 3.48. The molecule has 2 N–H and O–H groups in total. The molecule has 24 heavy (non-hydrogen) atoms. The fourth-order valence-corrected chi connectivity index (χ4v) is 2.57. The summed E-state index contributed by atoms with van der Waals surface area (Å²) in [6, 6.07) is 18.4. The topological polar surface area (TPSA) is 66.4 Å². The SMILES string of the molecule is CC(C)(C(=O)NCC(C)(C(=O)O)c1ccccc1)c1ccccc1. The summed E-state index contributed by atoms with van der Waals surface area (Å²) >= 11 is 0. The Hall–Kier alpha value is -2.62. The lowest BCUT2D eigenvalue weighted by atomic mass is 9.80. The summed E-state index contributed by atoms with van der Waals surface area (Å²) in [6.45, 7) is 5.32. The molecule has 0 saturated heterocycles. The quantitative estimate of drug-likeness (QED) is 0.857. The normalized spacial score (nSPS) is 13.8. The third-order valence-electron chi connectivity index (χ3n) is 4.55. The Morgan fingerprint density at radius 3 is 1.79 bits per heavy atom. The number of hydrogen-bond acceptors (Lipinski definition) is 2. The van der Waals surface area contributed by atoms with Crippen LogP contribution in [0.3, 0.4) is 0 Å². The molecular formula is C20H23NO3. The molecule has 1 atom stereocenters. The molecule has 0 saturated carbocycles. The van der Waals surface area contributed by atoms with Gasteiger partial charge < -0.3 is 10.4 Å². The first-order chi connectivity index (χ1) is 11.3. The zero-order chi connectivity index (χ0) is 17.8. The summed E-state index contributed by atoms with van der Waals surface area (Å²) in [7, 11) is 0. The number of amides is 1. The van der Waals surface area contributed by atoms with E-state index in [-0.39, 0.29) is 12.5 Å². The Morgan fingerprint density at radius 1 is 0.875 bits per heavy atom. The second kappa shape index (κ2) is 6.87. The van der Waals surface area contributed by atoms with Crippen LogP contribution in [0.1, 0.15) is 31.9 Å². The van der Waals surface area contributed by atoms with E-state index in [4.69, 9.17) is 0 Å². The van der Waals surface area contributed by atoms with E-state index in [9.17, 15) is 14.7 Å². The van der Waals surface area contributed by atoms with Gasteiger partial charge >= 0.3 is 5.97 Å². The van der Waals surface area contributed by atoms with Crippen LogP contribution in [0.5, 0.6) is 0 Å². The van der Waals surface area contributed by atoms with Crippen LogP contribution in [-0.2, 0) is 20.4 Å². The second-order valence-electron chi connectivity index (χ2n) is 6.68. The summed E-state index contributed by atoms with van der Waals surface area (Å²) in [6.07, 6.45) is 0. The van der Waals surface area contributed by atoms with Gasteiger partial charge in [0.25, 0.3) is 0 Å². The summed E-state index contributed by atoms with van der Waals surface area (Å²) in [5.41, 5.74) is -0.365. The number of carbonyl (C=O) groups excluding carboxylic acids is 1. The van der Waals surface area contributed by atoms with E-state index in [1.54, 1.807) is 31.2 Å². The maximum atomic E-state index is 12.7. The van der Waals surface area contributed by atoms with Crippen molar-refractivity contribution in [2.75, 3.05) is 6.54 Å². The van der Waals surface area contributed by atoms with E-state index in [2.05, 4.69) is 5.32 Å².